The van der Waals surface area contributed by atoms with Gasteiger partial charge < -0.3 is 18.7 Å². The first-order valence-corrected chi connectivity index (χ1v) is 7.92. The molecule has 0 aliphatic carbocycles. The molecule has 0 saturated carbocycles. The second-order valence-electron chi connectivity index (χ2n) is 5.80. The Labute approximate surface area is 147 Å². The number of methoxy groups -OCH3 is 1. The Morgan fingerprint density at radius 2 is 1.81 bits per heavy atom. The predicted octanol–water partition coefficient (Wildman–Crippen LogP) is 3.84. The van der Waals surface area contributed by atoms with Crippen LogP contribution in [0.3, 0.4) is 0 Å². The fraction of sp³-hybridized carbons (Fsp3) is 0.100. The quantitative estimate of drug-likeness (QED) is 0.562. The highest BCUT2D eigenvalue weighted by Gasteiger charge is 2.23. The normalized spacial score (nSPS) is 11.1. The number of ether oxygens (including phenoxy) is 1. The van der Waals surface area contributed by atoms with E-state index in [9.17, 15) is 14.7 Å². The van der Waals surface area contributed by atoms with Gasteiger partial charge in [-0.2, -0.15) is 0 Å². The second-order valence-corrected chi connectivity index (χ2v) is 5.80. The molecule has 4 rings (SSSR count). The molecular weight excluding hydrogens is 336 g/mol. The Balaban J connectivity index is 2.07. The second kappa shape index (κ2) is 6.07. The van der Waals surface area contributed by atoms with Crippen molar-refractivity contribution in [3.8, 4) is 17.1 Å². The number of rotatable bonds is 4. The van der Waals surface area contributed by atoms with Gasteiger partial charge in [0.2, 0.25) is 0 Å². The van der Waals surface area contributed by atoms with Gasteiger partial charge in [0.25, 0.3) is 0 Å². The molecular formula is C20H14O6. The molecule has 6 nitrogen and oxygen atoms in total. The van der Waals surface area contributed by atoms with Crippen molar-refractivity contribution in [2.45, 2.75) is 6.42 Å². The van der Waals surface area contributed by atoms with E-state index < -0.39 is 11.6 Å². The fourth-order valence-electron chi connectivity index (χ4n) is 3.06. The highest BCUT2D eigenvalue weighted by Crippen LogP contribution is 2.36. The van der Waals surface area contributed by atoms with Crippen LogP contribution in [0.2, 0.25) is 0 Å². The summed E-state index contributed by atoms with van der Waals surface area (Å²) in [4.78, 5) is 23.9. The average molecular weight is 350 g/mol. The van der Waals surface area contributed by atoms with Gasteiger partial charge in [-0.05, 0) is 36.4 Å². The minimum absolute atomic E-state index is 0.164. The van der Waals surface area contributed by atoms with Gasteiger partial charge in [0.05, 0.1) is 18.9 Å². The van der Waals surface area contributed by atoms with Crippen molar-refractivity contribution in [1.29, 1.82) is 0 Å². The first-order chi connectivity index (χ1) is 12.6. The summed E-state index contributed by atoms with van der Waals surface area (Å²) in [6, 6.07) is 14.0. The number of hydrogen-bond acceptors (Lipinski definition) is 5. The van der Waals surface area contributed by atoms with Gasteiger partial charge in [0.1, 0.15) is 22.5 Å². The Morgan fingerprint density at radius 3 is 2.50 bits per heavy atom. The zero-order valence-electron chi connectivity index (χ0n) is 13.8. The van der Waals surface area contributed by atoms with Gasteiger partial charge in [0.15, 0.2) is 5.58 Å². The van der Waals surface area contributed by atoms with Gasteiger partial charge in [-0.15, -0.1) is 0 Å². The van der Waals surface area contributed by atoms with E-state index in [0.29, 0.717) is 39.2 Å². The molecule has 1 N–H and O–H groups in total. The molecule has 0 unspecified atom stereocenters. The Morgan fingerprint density at radius 1 is 1.08 bits per heavy atom. The number of carboxylic acid groups (broad SMARTS) is 1. The molecule has 2 heterocycles. The van der Waals surface area contributed by atoms with E-state index in [1.165, 1.54) is 0 Å². The first-order valence-electron chi connectivity index (χ1n) is 7.92. The summed E-state index contributed by atoms with van der Waals surface area (Å²) in [7, 11) is 1.56. The van der Waals surface area contributed by atoms with Crippen LogP contribution >= 0.6 is 0 Å². The van der Waals surface area contributed by atoms with Crippen molar-refractivity contribution in [1.82, 2.24) is 0 Å². The smallest absolute Gasteiger partial charge is 0.347 e. The van der Waals surface area contributed by atoms with Crippen LogP contribution in [0, 0.1) is 0 Å². The van der Waals surface area contributed by atoms with Gasteiger partial charge >= 0.3 is 11.6 Å². The highest BCUT2D eigenvalue weighted by atomic mass is 16.5. The van der Waals surface area contributed by atoms with Crippen molar-refractivity contribution < 1.29 is 23.5 Å². The van der Waals surface area contributed by atoms with Crippen LogP contribution in [0.1, 0.15) is 5.56 Å². The Bertz CT molecular complexity index is 1180. The number of para-hydroxylation sites is 1. The molecule has 0 saturated heterocycles. The molecule has 0 radical (unpaired) electrons. The van der Waals surface area contributed by atoms with Gasteiger partial charge in [-0.3, -0.25) is 4.79 Å². The molecule has 26 heavy (non-hydrogen) atoms. The summed E-state index contributed by atoms with van der Waals surface area (Å²) in [6.07, 6.45) is -0.350. The molecule has 0 fully saturated rings. The predicted molar refractivity (Wildman–Crippen MR) is 95.6 cm³/mol. The summed E-state index contributed by atoms with van der Waals surface area (Å²) >= 11 is 0. The molecule has 6 heteroatoms. The molecule has 0 bridgehead atoms. The van der Waals surface area contributed by atoms with E-state index in [-0.39, 0.29) is 11.8 Å². The summed E-state index contributed by atoms with van der Waals surface area (Å²) in [5.41, 5.74) is 1.07. The zero-order chi connectivity index (χ0) is 18.3. The number of hydrogen-bond donors (Lipinski definition) is 1. The molecule has 2 aromatic heterocycles. The van der Waals surface area contributed by atoms with Crippen molar-refractivity contribution >= 4 is 27.9 Å². The maximum atomic E-state index is 12.5. The van der Waals surface area contributed by atoms with Crippen molar-refractivity contribution in [2.24, 2.45) is 0 Å². The van der Waals surface area contributed by atoms with Crippen LogP contribution in [0.4, 0.5) is 0 Å². The van der Waals surface area contributed by atoms with Gasteiger partial charge in [-0.25, -0.2) is 4.79 Å². The Hall–Kier alpha value is -3.54. The molecule has 130 valence electrons. The minimum atomic E-state index is -1.06. The standard InChI is InChI=1S/C20H14O6/c1-24-12-8-6-11(7-9-12)18-14(10-16(21)22)17-19(26-18)13-4-2-3-5-15(13)25-20(17)23/h2-9H,10H2,1H3,(H,21,22). The molecule has 4 aromatic rings. The maximum absolute atomic E-state index is 12.5. The summed E-state index contributed by atoms with van der Waals surface area (Å²) in [6.45, 7) is 0. The van der Waals surface area contributed by atoms with Crippen LogP contribution in [0.15, 0.2) is 62.2 Å². The number of furan rings is 1. The van der Waals surface area contributed by atoms with Crippen molar-refractivity contribution in [2.75, 3.05) is 7.11 Å². The first kappa shape index (κ1) is 16.0. The third kappa shape index (κ3) is 2.52. The van der Waals surface area contributed by atoms with E-state index in [4.69, 9.17) is 13.6 Å². The van der Waals surface area contributed by atoms with Gasteiger partial charge in [0, 0.05) is 11.1 Å². The van der Waals surface area contributed by atoms with Crippen molar-refractivity contribution in [3.63, 3.8) is 0 Å². The highest BCUT2D eigenvalue weighted by molar-refractivity contribution is 6.04. The van der Waals surface area contributed by atoms with Crippen LogP contribution in [-0.4, -0.2) is 18.2 Å². The number of benzene rings is 2. The number of carboxylic acids is 1. The monoisotopic (exact) mass is 350 g/mol. The van der Waals surface area contributed by atoms with Crippen LogP contribution in [-0.2, 0) is 11.2 Å². The maximum Gasteiger partial charge on any atom is 0.347 e. The summed E-state index contributed by atoms with van der Waals surface area (Å²) < 4.78 is 16.5. The summed E-state index contributed by atoms with van der Waals surface area (Å²) in [5.74, 6) is -0.0571. The lowest BCUT2D eigenvalue weighted by Crippen LogP contribution is -2.06. The van der Waals surface area contributed by atoms with Crippen LogP contribution in [0.5, 0.6) is 5.75 Å². The third-order valence-electron chi connectivity index (χ3n) is 4.23. The molecule has 0 spiro atoms. The topological polar surface area (TPSA) is 89.9 Å². The van der Waals surface area contributed by atoms with Crippen molar-refractivity contribution in [3.05, 3.63) is 64.5 Å². The Kier molecular flexibility index (Phi) is 3.73. The largest absolute Gasteiger partial charge is 0.497 e. The molecule has 0 aliphatic heterocycles. The zero-order valence-corrected chi connectivity index (χ0v) is 13.8. The number of fused-ring (bicyclic) bond motifs is 3. The average Bonchev–Trinajstić information content (AvgIpc) is 3.01. The minimum Gasteiger partial charge on any atom is -0.497 e. The lowest BCUT2D eigenvalue weighted by molar-refractivity contribution is -0.136. The van der Waals surface area contributed by atoms with Gasteiger partial charge in [-0.1, -0.05) is 12.1 Å². The van der Waals surface area contributed by atoms with E-state index in [1.807, 2.05) is 0 Å². The lowest BCUT2D eigenvalue weighted by Gasteiger charge is -2.03. The van der Waals surface area contributed by atoms with E-state index in [0.717, 1.165) is 0 Å². The van der Waals surface area contributed by atoms with E-state index >= 15 is 0 Å². The molecule has 0 atom stereocenters. The van der Waals surface area contributed by atoms with E-state index in [1.54, 1.807) is 55.6 Å². The van der Waals surface area contributed by atoms with Crippen LogP contribution in [0.25, 0.3) is 33.3 Å². The fourth-order valence-corrected chi connectivity index (χ4v) is 3.06. The summed E-state index contributed by atoms with van der Waals surface area (Å²) in [5, 5.41) is 10.1. The molecule has 0 amide bonds. The van der Waals surface area contributed by atoms with E-state index in [2.05, 4.69) is 0 Å². The SMILES string of the molecule is COc1ccc(-c2oc3c(c2CC(=O)O)c(=O)oc2ccccc23)cc1. The number of aliphatic carboxylic acids is 1. The number of carbonyl (C=O) groups is 1. The molecule has 2 aromatic carbocycles. The molecule has 0 aliphatic rings. The van der Waals surface area contributed by atoms with Crippen LogP contribution < -0.4 is 10.4 Å². The third-order valence-corrected chi connectivity index (χ3v) is 4.23. The lowest BCUT2D eigenvalue weighted by atomic mass is 10.0.